The maximum atomic E-state index is 16.2. The zero-order valence-electron chi connectivity index (χ0n) is 36.4. The second-order valence-electron chi connectivity index (χ2n) is 16.6. The molecule has 0 aliphatic carbocycles. The fourth-order valence-corrected chi connectivity index (χ4v) is 10.1. The zero-order chi connectivity index (χ0) is 47.8. The summed E-state index contributed by atoms with van der Waals surface area (Å²) in [4.78, 5) is 73.5. The third kappa shape index (κ3) is 7.67. The Labute approximate surface area is 393 Å². The van der Waals surface area contributed by atoms with Crippen LogP contribution in [0.3, 0.4) is 0 Å². The summed E-state index contributed by atoms with van der Waals surface area (Å²) in [6, 6.07) is 38.3. The van der Waals surface area contributed by atoms with Gasteiger partial charge in [0, 0.05) is 17.7 Å². The van der Waals surface area contributed by atoms with Crippen LogP contribution in [-0.2, 0) is 42.4 Å². The van der Waals surface area contributed by atoms with Crippen molar-refractivity contribution in [2.45, 2.75) is 42.8 Å². The molecule has 0 bridgehead atoms. The van der Waals surface area contributed by atoms with Crippen LogP contribution in [0.15, 0.2) is 152 Å². The van der Waals surface area contributed by atoms with Crippen LogP contribution in [0.4, 0.5) is 16.2 Å². The van der Waals surface area contributed by atoms with E-state index in [1.165, 1.54) is 30.3 Å². The highest BCUT2D eigenvalue weighted by Gasteiger charge is 2.76. The topological polar surface area (TPSA) is 217 Å². The summed E-state index contributed by atoms with van der Waals surface area (Å²) in [6.07, 6.45) is -2.17. The first-order valence-corrected chi connectivity index (χ1v) is 21.9. The molecule has 2 saturated heterocycles. The molecule has 10 rings (SSSR count). The predicted molar refractivity (Wildman–Crippen MR) is 246 cm³/mol. The maximum absolute atomic E-state index is 16.2. The lowest BCUT2D eigenvalue weighted by molar-refractivity contribution is -0.384. The molecule has 6 atom stereocenters. The molecule has 2 fully saturated rings. The number of carbonyl (C=O) groups excluding carboxylic acids is 3. The number of morpholine rings is 1. The molecule has 1 spiro atoms. The van der Waals surface area contributed by atoms with Crippen molar-refractivity contribution in [1.82, 2.24) is 19.9 Å². The molecule has 3 aliphatic heterocycles. The van der Waals surface area contributed by atoms with Crippen LogP contribution in [0.2, 0.25) is 0 Å². The summed E-state index contributed by atoms with van der Waals surface area (Å²) >= 11 is 0. The normalized spacial score (nSPS) is 21.5. The number of imide groups is 1. The van der Waals surface area contributed by atoms with Crippen LogP contribution in [0.5, 0.6) is 5.75 Å². The lowest BCUT2D eigenvalue weighted by Crippen LogP contribution is -2.53. The molecule has 17 heteroatoms. The summed E-state index contributed by atoms with van der Waals surface area (Å²) in [5.74, 6) is 1.23. The summed E-state index contributed by atoms with van der Waals surface area (Å²) in [5.41, 5.74) is 1.38. The summed E-state index contributed by atoms with van der Waals surface area (Å²) in [6.45, 7) is -0.686. The molecule has 17 nitrogen and oxygen atoms in total. The van der Waals surface area contributed by atoms with E-state index in [1.807, 2.05) is 60.7 Å². The predicted octanol–water partition coefficient (Wildman–Crippen LogP) is 6.85. The van der Waals surface area contributed by atoms with Gasteiger partial charge in [0.05, 0.1) is 34.8 Å². The van der Waals surface area contributed by atoms with Crippen molar-refractivity contribution in [1.29, 1.82) is 0 Å². The van der Waals surface area contributed by atoms with E-state index in [1.54, 1.807) is 70.2 Å². The molecule has 2 N–H and O–H groups in total. The average Bonchev–Trinajstić information content (AvgIpc) is 4.01. The number of carbonyl (C=O) groups is 4. The van der Waals surface area contributed by atoms with Crippen LogP contribution in [0, 0.1) is 27.9 Å². The van der Waals surface area contributed by atoms with Gasteiger partial charge in [0.15, 0.2) is 0 Å². The van der Waals surface area contributed by atoms with E-state index in [-0.39, 0.29) is 42.4 Å². The van der Waals surface area contributed by atoms with E-state index in [0.717, 1.165) is 10.4 Å². The molecule has 0 radical (unpaired) electrons. The second-order valence-corrected chi connectivity index (χ2v) is 16.6. The number of hydrogen-bond acceptors (Lipinski definition) is 13. The Morgan fingerprint density at radius 2 is 1.54 bits per heavy atom. The van der Waals surface area contributed by atoms with Gasteiger partial charge in [-0.2, -0.15) is 0 Å². The number of anilines is 1. The third-order valence-electron chi connectivity index (χ3n) is 12.8. The first kappa shape index (κ1) is 44.1. The van der Waals surface area contributed by atoms with Crippen LogP contribution < -0.4 is 9.64 Å². The van der Waals surface area contributed by atoms with Gasteiger partial charge in [-0.25, -0.2) is 14.4 Å². The minimum absolute atomic E-state index is 0.00506. The Bertz CT molecular complexity index is 3210. The molecule has 69 heavy (non-hydrogen) atoms. The van der Waals surface area contributed by atoms with Gasteiger partial charge in [0.25, 0.3) is 5.69 Å². The first-order chi connectivity index (χ1) is 33.6. The number of hydrogen-bond donors (Lipinski definition) is 2. The smallest absolute Gasteiger partial charge is 0.421 e. The zero-order valence-corrected chi connectivity index (χ0v) is 36.4. The molecule has 0 saturated carbocycles. The minimum Gasteiger partial charge on any atom is -0.491 e. The molecule has 3 aliphatic rings. The molecule has 0 unspecified atom stereocenters. The third-order valence-corrected chi connectivity index (χ3v) is 12.8. The van der Waals surface area contributed by atoms with E-state index in [9.17, 15) is 34.7 Å². The average molecular weight is 925 g/mol. The van der Waals surface area contributed by atoms with Crippen molar-refractivity contribution in [3.63, 3.8) is 0 Å². The number of aromatic nitrogens is 3. The molecule has 1 aromatic heterocycles. The van der Waals surface area contributed by atoms with E-state index in [4.69, 9.17) is 14.2 Å². The van der Waals surface area contributed by atoms with Gasteiger partial charge < -0.3 is 24.4 Å². The number of cyclic esters (lactones) is 1. The lowest BCUT2D eigenvalue weighted by Gasteiger charge is -2.46. The number of nitrogens with zero attached hydrogens (tertiary/aromatic N) is 6. The molecule has 344 valence electrons. The number of aliphatic carboxylic acids is 1. The quantitative estimate of drug-likeness (QED) is 0.0587. The standard InChI is InChI=1S/C52H40N6O11/c59-27-28-67-38-17-9-16-36(30-38)47-52(43(48(60)61)45-49(62)69-46(35-14-5-2-6-15-35)44(57(45)47)34-12-3-1-4-13-34)39-29-32(11-10-26-55-42-19-8-7-18-40(42)53-54-55)22-25-41(39)56(50(52)63)51(64)68-31-33-20-23-37(24-21-33)58(65)66/h1-9,12-25,29-30,43-47,59H,26-28,31H2,(H,60,61)/t43-,44-,45-,46+,47+,52-/m0/s1. The SMILES string of the molecule is O=C1O[C@H](c2ccccc2)[C@H](c2ccccc2)N2[C@H]1[C@@H](C(=O)O)[C@]1(C(=O)N(C(=O)OCc3ccc([N+](=O)[O-])cc3)c3ccc(C#CCn4nnc5ccccc54)cc31)[C@H]2c1cccc(OCCO)c1. The highest BCUT2D eigenvalue weighted by molar-refractivity contribution is 6.23. The number of rotatable bonds is 11. The van der Waals surface area contributed by atoms with Crippen molar-refractivity contribution in [3.8, 4) is 17.6 Å². The number of carboxylic acids is 1. The van der Waals surface area contributed by atoms with Gasteiger partial charge in [-0.3, -0.25) is 29.4 Å². The maximum Gasteiger partial charge on any atom is 0.421 e. The van der Waals surface area contributed by atoms with Crippen molar-refractivity contribution < 1.29 is 48.5 Å². The number of aliphatic hydroxyl groups is 1. The number of amides is 2. The Morgan fingerprint density at radius 1 is 0.826 bits per heavy atom. The van der Waals surface area contributed by atoms with Gasteiger partial charge in [-0.15, -0.1) is 5.10 Å². The van der Waals surface area contributed by atoms with E-state index in [2.05, 4.69) is 22.2 Å². The number of ether oxygens (including phenoxy) is 3. The number of carboxylic acid groups (broad SMARTS) is 1. The first-order valence-electron chi connectivity index (χ1n) is 21.9. The molecule has 7 aromatic rings. The minimum atomic E-state index is -2.29. The van der Waals surface area contributed by atoms with Crippen LogP contribution in [-0.4, -0.2) is 78.2 Å². The Balaban J connectivity index is 1.19. The number of nitro groups is 1. The Hall–Kier alpha value is -8.72. The molecular weight excluding hydrogens is 885 g/mol. The number of fused-ring (bicyclic) bond motifs is 4. The van der Waals surface area contributed by atoms with E-state index >= 15 is 4.79 Å². The molecule has 6 aromatic carbocycles. The Kier molecular flexibility index (Phi) is 11.6. The number of non-ortho nitro benzene ring substituents is 1. The number of aliphatic hydroxyl groups excluding tert-OH is 1. The van der Waals surface area contributed by atoms with Gasteiger partial charge in [-0.05, 0) is 82.4 Å². The summed E-state index contributed by atoms with van der Waals surface area (Å²) < 4.78 is 19.7. The fraction of sp³-hybridized carbons (Fsp3) is 0.192. The number of benzene rings is 6. The van der Waals surface area contributed by atoms with Gasteiger partial charge >= 0.3 is 18.0 Å². The van der Waals surface area contributed by atoms with E-state index in [0.29, 0.717) is 33.3 Å². The van der Waals surface area contributed by atoms with Crippen molar-refractivity contribution in [2.75, 3.05) is 18.1 Å². The highest BCUT2D eigenvalue weighted by Crippen LogP contribution is 2.66. The highest BCUT2D eigenvalue weighted by atomic mass is 16.6. The molecular formula is C52H40N6O11. The summed E-state index contributed by atoms with van der Waals surface area (Å²) in [7, 11) is 0. The second kappa shape index (κ2) is 18.2. The number of nitro benzene ring substituents is 1. The van der Waals surface area contributed by atoms with Crippen LogP contribution in [0.25, 0.3) is 11.0 Å². The monoisotopic (exact) mass is 924 g/mol. The van der Waals surface area contributed by atoms with Gasteiger partial charge in [-0.1, -0.05) is 102 Å². The van der Waals surface area contributed by atoms with E-state index < -0.39 is 71.0 Å². The van der Waals surface area contributed by atoms with Gasteiger partial charge in [0.1, 0.15) is 54.5 Å². The van der Waals surface area contributed by atoms with Gasteiger partial charge in [0.2, 0.25) is 5.91 Å². The molecule has 2 amide bonds. The van der Waals surface area contributed by atoms with Crippen molar-refractivity contribution in [2.24, 2.45) is 5.92 Å². The van der Waals surface area contributed by atoms with Crippen molar-refractivity contribution >= 4 is 46.3 Å². The molecule has 4 heterocycles. The largest absolute Gasteiger partial charge is 0.491 e. The Morgan fingerprint density at radius 3 is 2.26 bits per heavy atom. The fourth-order valence-electron chi connectivity index (χ4n) is 10.1. The van der Waals surface area contributed by atoms with Crippen LogP contribution in [0.1, 0.15) is 51.6 Å². The van der Waals surface area contributed by atoms with Crippen molar-refractivity contribution in [3.05, 3.63) is 195 Å². The number of para-hydroxylation sites is 1. The summed E-state index contributed by atoms with van der Waals surface area (Å²) in [5, 5.41) is 41.2. The lowest BCUT2D eigenvalue weighted by atomic mass is 9.65. The van der Waals surface area contributed by atoms with Crippen LogP contribution >= 0.6 is 0 Å². The number of esters is 1.